The number of hydrogen-bond acceptors (Lipinski definition) is 3. The minimum Gasteiger partial charge on any atom is -0.411 e. The van der Waals surface area contributed by atoms with Gasteiger partial charge < -0.3 is 9.22 Å². The van der Waals surface area contributed by atoms with Crippen molar-refractivity contribution in [2.24, 2.45) is 0 Å². The fourth-order valence-electron chi connectivity index (χ4n) is 0.295. The monoisotopic (exact) mass is 152 g/mol. The van der Waals surface area contributed by atoms with Gasteiger partial charge in [-0.3, -0.25) is 0 Å². The van der Waals surface area contributed by atoms with Gasteiger partial charge in [0, 0.05) is 12.4 Å². The summed E-state index contributed by atoms with van der Waals surface area (Å²) in [5.74, 6) is 0.678. The molecule has 0 aliphatic heterocycles. The lowest BCUT2D eigenvalue weighted by molar-refractivity contribution is 0.259. The van der Waals surface area contributed by atoms with E-state index in [4.69, 9.17) is 9.22 Å². The molecule has 0 aromatic rings. The quantitative estimate of drug-likeness (QED) is 0.459. The molecule has 4 heteroatoms. The van der Waals surface area contributed by atoms with Gasteiger partial charge in [0.15, 0.2) is 0 Å². The zero-order valence-corrected chi connectivity index (χ0v) is 7.11. The summed E-state index contributed by atoms with van der Waals surface area (Å²) >= 11 is 3.92. The SMILES string of the molecule is C[Si](C)(O)OCCS. The minimum absolute atomic E-state index is 0.554. The third kappa shape index (κ3) is 6.49. The highest BCUT2D eigenvalue weighted by molar-refractivity contribution is 7.80. The lowest BCUT2D eigenvalue weighted by Crippen LogP contribution is -2.30. The van der Waals surface area contributed by atoms with Gasteiger partial charge in [-0.2, -0.15) is 12.6 Å². The predicted molar refractivity (Wildman–Crippen MR) is 39.5 cm³/mol. The molecule has 0 saturated heterocycles. The second-order valence-electron chi connectivity index (χ2n) is 2.02. The Bertz CT molecular complexity index is 61.5. The van der Waals surface area contributed by atoms with Crippen LogP contribution in [0.25, 0.3) is 0 Å². The molecule has 0 aliphatic rings. The predicted octanol–water partition coefficient (Wildman–Crippen LogP) is 0.627. The maximum atomic E-state index is 9.03. The van der Waals surface area contributed by atoms with E-state index in [0.29, 0.717) is 12.4 Å². The zero-order valence-electron chi connectivity index (χ0n) is 5.22. The summed E-state index contributed by atoms with van der Waals surface area (Å²) in [5, 5.41) is 0. The Morgan fingerprint density at radius 3 is 2.25 bits per heavy atom. The summed E-state index contributed by atoms with van der Waals surface area (Å²) in [6, 6.07) is 0. The molecule has 0 heterocycles. The Morgan fingerprint density at radius 2 is 2.12 bits per heavy atom. The first-order valence-electron chi connectivity index (χ1n) is 2.53. The zero-order chi connectivity index (χ0) is 6.62. The number of rotatable bonds is 3. The molecule has 0 spiro atoms. The molecule has 0 saturated carbocycles. The Morgan fingerprint density at radius 1 is 1.62 bits per heavy atom. The van der Waals surface area contributed by atoms with Crippen LogP contribution in [0.15, 0.2) is 0 Å². The second kappa shape index (κ2) is 3.50. The van der Waals surface area contributed by atoms with Crippen LogP contribution in [0.5, 0.6) is 0 Å². The molecule has 0 amide bonds. The van der Waals surface area contributed by atoms with Crippen LogP contribution in [-0.2, 0) is 4.43 Å². The highest BCUT2D eigenvalue weighted by atomic mass is 32.1. The molecule has 0 atom stereocenters. The van der Waals surface area contributed by atoms with Crippen molar-refractivity contribution in [3.63, 3.8) is 0 Å². The molecule has 0 aromatic heterocycles. The van der Waals surface area contributed by atoms with Gasteiger partial charge in [0.05, 0.1) is 0 Å². The lowest BCUT2D eigenvalue weighted by Gasteiger charge is -2.12. The summed E-state index contributed by atoms with van der Waals surface area (Å²) in [4.78, 5) is 9.03. The number of hydrogen-bond donors (Lipinski definition) is 2. The Hall–Kier alpha value is 0.487. The third-order valence-electron chi connectivity index (χ3n) is 0.547. The maximum Gasteiger partial charge on any atom is 0.329 e. The van der Waals surface area contributed by atoms with Gasteiger partial charge >= 0.3 is 8.56 Å². The van der Waals surface area contributed by atoms with Crippen LogP contribution in [0, 0.1) is 0 Å². The Balaban J connectivity index is 3.11. The first-order valence-corrected chi connectivity index (χ1v) is 6.02. The van der Waals surface area contributed by atoms with Crippen molar-refractivity contribution < 1.29 is 9.22 Å². The molecule has 0 aromatic carbocycles. The fourth-order valence-corrected chi connectivity index (χ4v) is 1.16. The van der Waals surface area contributed by atoms with Crippen molar-refractivity contribution in [1.29, 1.82) is 0 Å². The average Bonchev–Trinajstić information content (AvgIpc) is 1.59. The van der Waals surface area contributed by atoms with E-state index in [1.165, 1.54) is 0 Å². The van der Waals surface area contributed by atoms with Crippen LogP contribution in [0.3, 0.4) is 0 Å². The number of thiol groups is 1. The molecular weight excluding hydrogens is 140 g/mol. The third-order valence-corrected chi connectivity index (χ3v) is 1.64. The van der Waals surface area contributed by atoms with Gasteiger partial charge in [-0.25, -0.2) is 0 Å². The van der Waals surface area contributed by atoms with Crippen molar-refractivity contribution in [3.05, 3.63) is 0 Å². The van der Waals surface area contributed by atoms with E-state index in [1.54, 1.807) is 13.1 Å². The van der Waals surface area contributed by atoms with E-state index in [-0.39, 0.29) is 0 Å². The van der Waals surface area contributed by atoms with Crippen molar-refractivity contribution in [3.8, 4) is 0 Å². The molecule has 0 bridgehead atoms. The van der Waals surface area contributed by atoms with Crippen LogP contribution in [-0.4, -0.2) is 25.7 Å². The molecule has 0 unspecified atom stereocenters. The van der Waals surface area contributed by atoms with Crippen LogP contribution in [0.1, 0.15) is 0 Å². The van der Waals surface area contributed by atoms with E-state index >= 15 is 0 Å². The summed E-state index contributed by atoms with van der Waals surface area (Å²) in [6.45, 7) is 4.02. The molecule has 0 fully saturated rings. The molecular formula is C4H12O2SSi. The first-order chi connectivity index (χ1) is 3.56. The Labute approximate surface area is 56.5 Å². The first kappa shape index (κ1) is 8.49. The topological polar surface area (TPSA) is 29.5 Å². The molecule has 8 heavy (non-hydrogen) atoms. The minimum atomic E-state index is -2.23. The Kier molecular flexibility index (Phi) is 3.71. The van der Waals surface area contributed by atoms with Crippen LogP contribution in [0.2, 0.25) is 13.1 Å². The highest BCUT2D eigenvalue weighted by Crippen LogP contribution is 1.96. The van der Waals surface area contributed by atoms with Gasteiger partial charge in [0.1, 0.15) is 0 Å². The summed E-state index contributed by atoms with van der Waals surface area (Å²) in [6.07, 6.45) is 0. The van der Waals surface area contributed by atoms with Crippen molar-refractivity contribution in [2.75, 3.05) is 12.4 Å². The largest absolute Gasteiger partial charge is 0.411 e. The van der Waals surface area contributed by atoms with Crippen LogP contribution < -0.4 is 0 Å². The maximum absolute atomic E-state index is 9.03. The van der Waals surface area contributed by atoms with E-state index in [2.05, 4.69) is 12.6 Å². The van der Waals surface area contributed by atoms with Gasteiger partial charge in [0.25, 0.3) is 0 Å². The van der Waals surface area contributed by atoms with Crippen LogP contribution in [0.4, 0.5) is 0 Å². The van der Waals surface area contributed by atoms with Crippen molar-refractivity contribution in [1.82, 2.24) is 0 Å². The van der Waals surface area contributed by atoms with E-state index in [1.807, 2.05) is 0 Å². The van der Waals surface area contributed by atoms with Gasteiger partial charge in [-0.1, -0.05) is 0 Å². The molecule has 1 N–H and O–H groups in total. The average molecular weight is 152 g/mol. The fraction of sp³-hybridized carbons (Fsp3) is 1.00. The molecule has 50 valence electrons. The normalized spacial score (nSPS) is 12.0. The smallest absolute Gasteiger partial charge is 0.329 e. The van der Waals surface area contributed by atoms with Gasteiger partial charge in [-0.15, -0.1) is 0 Å². The van der Waals surface area contributed by atoms with Gasteiger partial charge in [0.2, 0.25) is 0 Å². The highest BCUT2D eigenvalue weighted by Gasteiger charge is 2.16. The molecule has 0 rings (SSSR count). The summed E-state index contributed by atoms with van der Waals surface area (Å²) in [5.41, 5.74) is 0. The van der Waals surface area contributed by atoms with E-state index in [9.17, 15) is 0 Å². The molecule has 0 radical (unpaired) electrons. The molecule has 0 aliphatic carbocycles. The van der Waals surface area contributed by atoms with E-state index in [0.717, 1.165) is 0 Å². The van der Waals surface area contributed by atoms with Gasteiger partial charge in [-0.05, 0) is 13.1 Å². The van der Waals surface area contributed by atoms with Crippen molar-refractivity contribution >= 4 is 21.2 Å². The second-order valence-corrected chi connectivity index (χ2v) is 5.65. The standard InChI is InChI=1S/C4H12O2SSi/c1-8(2,5)6-3-4-7/h5,7H,3-4H2,1-2H3. The van der Waals surface area contributed by atoms with Crippen LogP contribution >= 0.6 is 12.6 Å². The summed E-state index contributed by atoms with van der Waals surface area (Å²) in [7, 11) is -2.23. The molecule has 2 nitrogen and oxygen atoms in total. The summed E-state index contributed by atoms with van der Waals surface area (Å²) < 4.78 is 5.00. The van der Waals surface area contributed by atoms with E-state index < -0.39 is 8.56 Å². The van der Waals surface area contributed by atoms with Crippen molar-refractivity contribution in [2.45, 2.75) is 13.1 Å². The lowest BCUT2D eigenvalue weighted by atomic mass is 10.9.